The molecule has 2 rings (SSSR count). The predicted molar refractivity (Wildman–Crippen MR) is 65.3 cm³/mol. The van der Waals surface area contributed by atoms with E-state index in [-0.39, 0.29) is 0 Å². The molecule has 0 radical (unpaired) electrons. The van der Waals surface area contributed by atoms with E-state index in [2.05, 4.69) is 28.1 Å². The molecule has 0 atom stereocenters. The highest BCUT2D eigenvalue weighted by Crippen LogP contribution is 2.35. The van der Waals surface area contributed by atoms with Crippen molar-refractivity contribution in [1.82, 2.24) is 0 Å². The molecule has 0 aromatic heterocycles. The second kappa shape index (κ2) is 4.99. The van der Waals surface area contributed by atoms with Crippen LogP contribution in [0.3, 0.4) is 0 Å². The van der Waals surface area contributed by atoms with E-state index in [0.29, 0.717) is 0 Å². The van der Waals surface area contributed by atoms with Crippen LogP contribution < -0.4 is 10.5 Å². The molecule has 0 spiro atoms. The van der Waals surface area contributed by atoms with E-state index in [1.165, 1.54) is 17.5 Å². The number of aryl methyl sites for hydroxylation is 1. The van der Waals surface area contributed by atoms with E-state index < -0.39 is 0 Å². The minimum absolute atomic E-state index is 0.787. The third-order valence-electron chi connectivity index (χ3n) is 2.72. The van der Waals surface area contributed by atoms with E-state index in [9.17, 15) is 0 Å². The molecule has 82 valence electrons. The van der Waals surface area contributed by atoms with Gasteiger partial charge in [0.05, 0.1) is 11.1 Å². The van der Waals surface area contributed by atoms with Crippen LogP contribution in [0.2, 0.25) is 0 Å². The Bertz CT molecular complexity index is 352. The molecule has 1 aromatic rings. The van der Waals surface area contributed by atoms with E-state index >= 15 is 0 Å². The van der Waals surface area contributed by atoms with Gasteiger partial charge in [-0.25, -0.2) is 0 Å². The summed E-state index contributed by atoms with van der Waals surface area (Å²) < 4.78 is 6.64. The van der Waals surface area contributed by atoms with E-state index in [0.717, 1.165) is 42.6 Å². The minimum Gasteiger partial charge on any atom is -0.492 e. The Hall–Kier alpha value is -0.540. The zero-order chi connectivity index (χ0) is 10.7. The van der Waals surface area contributed by atoms with Gasteiger partial charge in [-0.3, -0.25) is 0 Å². The zero-order valence-electron chi connectivity index (χ0n) is 8.76. The number of hydrogen-bond acceptors (Lipinski definition) is 2. The molecule has 0 saturated heterocycles. The first-order chi connectivity index (χ1) is 7.31. The molecule has 2 nitrogen and oxygen atoms in total. The lowest BCUT2D eigenvalue weighted by Crippen LogP contribution is -1.99. The van der Waals surface area contributed by atoms with E-state index in [4.69, 9.17) is 10.5 Å². The van der Waals surface area contributed by atoms with Crippen molar-refractivity contribution >= 4 is 15.9 Å². The summed E-state index contributed by atoms with van der Waals surface area (Å²) in [6, 6.07) is 4.43. The lowest BCUT2D eigenvalue weighted by atomic mass is 10.0. The zero-order valence-corrected chi connectivity index (χ0v) is 10.3. The molecule has 0 unspecified atom stereocenters. The Morgan fingerprint density at radius 3 is 3.00 bits per heavy atom. The average molecular weight is 270 g/mol. The van der Waals surface area contributed by atoms with Gasteiger partial charge in [-0.1, -0.05) is 6.07 Å². The van der Waals surface area contributed by atoms with Crippen LogP contribution in [0.1, 0.15) is 24.0 Å². The van der Waals surface area contributed by atoms with E-state index in [1.54, 1.807) is 0 Å². The summed E-state index contributed by atoms with van der Waals surface area (Å²) in [6.45, 7) is 1.61. The molecule has 0 amide bonds. The maximum atomic E-state index is 5.54. The number of ether oxygens (including phenoxy) is 1. The predicted octanol–water partition coefficient (Wildman–Crippen LogP) is 2.67. The van der Waals surface area contributed by atoms with Crippen molar-refractivity contribution in [2.75, 3.05) is 13.2 Å². The third-order valence-corrected chi connectivity index (χ3v) is 3.31. The molecule has 1 aliphatic rings. The van der Waals surface area contributed by atoms with Gasteiger partial charge < -0.3 is 10.5 Å². The van der Waals surface area contributed by atoms with Crippen LogP contribution >= 0.6 is 15.9 Å². The third kappa shape index (κ3) is 2.52. The van der Waals surface area contributed by atoms with Crippen LogP contribution in [0.15, 0.2) is 16.6 Å². The van der Waals surface area contributed by atoms with Crippen LogP contribution in [0.4, 0.5) is 0 Å². The Kier molecular flexibility index (Phi) is 3.65. The summed E-state index contributed by atoms with van der Waals surface area (Å²) in [5.41, 5.74) is 8.21. The number of unbranched alkanes of at least 4 members (excludes halogenated alkanes) is 1. The Morgan fingerprint density at radius 1 is 1.33 bits per heavy atom. The number of halogens is 1. The van der Waals surface area contributed by atoms with Crippen LogP contribution in [0, 0.1) is 0 Å². The number of rotatable bonds is 4. The molecule has 3 heteroatoms. The molecular weight excluding hydrogens is 254 g/mol. The van der Waals surface area contributed by atoms with Gasteiger partial charge in [0.2, 0.25) is 0 Å². The molecule has 0 fully saturated rings. The Morgan fingerprint density at radius 2 is 2.20 bits per heavy atom. The number of hydrogen-bond donors (Lipinski definition) is 1. The first-order valence-corrected chi connectivity index (χ1v) is 6.24. The molecular formula is C12H16BrNO. The lowest BCUT2D eigenvalue weighted by Gasteiger charge is -2.06. The fourth-order valence-electron chi connectivity index (χ4n) is 1.94. The fraction of sp³-hybridized carbons (Fsp3) is 0.500. The average Bonchev–Trinajstić information content (AvgIpc) is 2.66. The quantitative estimate of drug-likeness (QED) is 0.854. The van der Waals surface area contributed by atoms with Crippen molar-refractivity contribution in [1.29, 1.82) is 0 Å². The fourth-order valence-corrected chi connectivity index (χ4v) is 2.60. The molecule has 2 N–H and O–H groups in total. The van der Waals surface area contributed by atoms with Gasteiger partial charge in [0, 0.05) is 6.42 Å². The molecule has 0 aliphatic carbocycles. The van der Waals surface area contributed by atoms with Crippen molar-refractivity contribution in [2.24, 2.45) is 5.73 Å². The molecule has 1 aliphatic heterocycles. The highest BCUT2D eigenvalue weighted by atomic mass is 79.9. The Balaban J connectivity index is 2.09. The Labute approximate surface area is 98.9 Å². The highest BCUT2D eigenvalue weighted by molar-refractivity contribution is 9.10. The van der Waals surface area contributed by atoms with Crippen LogP contribution in [-0.4, -0.2) is 13.2 Å². The number of nitrogens with two attached hydrogens (primary N) is 1. The number of benzene rings is 1. The monoisotopic (exact) mass is 269 g/mol. The summed E-state index contributed by atoms with van der Waals surface area (Å²) in [5, 5.41) is 0. The largest absolute Gasteiger partial charge is 0.492 e. The van der Waals surface area contributed by atoms with Crippen molar-refractivity contribution < 1.29 is 4.74 Å². The topological polar surface area (TPSA) is 35.2 Å². The second-order valence-electron chi connectivity index (χ2n) is 3.91. The van der Waals surface area contributed by atoms with E-state index in [1.807, 2.05) is 0 Å². The second-order valence-corrected chi connectivity index (χ2v) is 4.76. The molecule has 0 saturated carbocycles. The van der Waals surface area contributed by atoms with Crippen molar-refractivity contribution in [3.63, 3.8) is 0 Å². The summed E-state index contributed by atoms with van der Waals surface area (Å²) in [6.07, 6.45) is 4.43. The lowest BCUT2D eigenvalue weighted by molar-refractivity contribution is 0.355. The van der Waals surface area contributed by atoms with Crippen molar-refractivity contribution in [3.8, 4) is 5.75 Å². The van der Waals surface area contributed by atoms with Gasteiger partial charge in [0.1, 0.15) is 5.75 Å². The van der Waals surface area contributed by atoms with Crippen LogP contribution in [-0.2, 0) is 12.8 Å². The van der Waals surface area contributed by atoms with Crippen LogP contribution in [0.5, 0.6) is 5.75 Å². The number of fused-ring (bicyclic) bond motifs is 1. The minimum atomic E-state index is 0.787. The smallest absolute Gasteiger partial charge is 0.136 e. The first kappa shape index (κ1) is 11.0. The van der Waals surface area contributed by atoms with Crippen LogP contribution in [0.25, 0.3) is 0 Å². The summed E-state index contributed by atoms with van der Waals surface area (Å²) in [5.74, 6) is 1.04. The van der Waals surface area contributed by atoms with Gasteiger partial charge in [0.15, 0.2) is 0 Å². The highest BCUT2D eigenvalue weighted by Gasteiger charge is 2.16. The maximum absolute atomic E-state index is 5.54. The SMILES string of the molecule is NCCCCc1cc(Br)c2c(c1)CCO2. The molecule has 1 heterocycles. The molecule has 1 aromatic carbocycles. The maximum Gasteiger partial charge on any atom is 0.136 e. The van der Waals surface area contributed by atoms with Crippen molar-refractivity contribution in [3.05, 3.63) is 27.7 Å². The molecule has 15 heavy (non-hydrogen) atoms. The van der Waals surface area contributed by atoms with Gasteiger partial charge in [-0.05, 0) is 58.9 Å². The van der Waals surface area contributed by atoms with Gasteiger partial charge in [-0.15, -0.1) is 0 Å². The van der Waals surface area contributed by atoms with Gasteiger partial charge in [-0.2, -0.15) is 0 Å². The van der Waals surface area contributed by atoms with Gasteiger partial charge >= 0.3 is 0 Å². The van der Waals surface area contributed by atoms with Gasteiger partial charge in [0.25, 0.3) is 0 Å². The standard InChI is InChI=1S/C12H16BrNO/c13-11-8-9(3-1-2-5-14)7-10-4-6-15-12(10)11/h7-8H,1-6,14H2. The first-order valence-electron chi connectivity index (χ1n) is 5.45. The molecule has 0 bridgehead atoms. The van der Waals surface area contributed by atoms with Crippen molar-refractivity contribution in [2.45, 2.75) is 25.7 Å². The normalized spacial score (nSPS) is 13.7. The summed E-state index contributed by atoms with van der Waals surface area (Å²) >= 11 is 3.56. The summed E-state index contributed by atoms with van der Waals surface area (Å²) in [7, 11) is 0. The summed E-state index contributed by atoms with van der Waals surface area (Å²) in [4.78, 5) is 0.